The lowest BCUT2D eigenvalue weighted by Crippen LogP contribution is -2.23. The second kappa shape index (κ2) is 8.18. The minimum absolute atomic E-state index is 0.153. The number of nitrogens with zero attached hydrogens (tertiary/aromatic N) is 2. The van der Waals surface area contributed by atoms with Gasteiger partial charge >= 0.3 is 0 Å². The molecule has 0 radical (unpaired) electrons. The fourth-order valence-corrected chi connectivity index (χ4v) is 5.45. The first-order chi connectivity index (χ1) is 14.6. The number of anilines is 1. The van der Waals surface area contributed by atoms with Gasteiger partial charge in [0.25, 0.3) is 5.91 Å². The SMILES string of the molecule is Cc1ccc(-n2nc3c(c2NC(=O)COc2ccc(Cl)cc2Cl)CS(=O)(=O)C3)c(C)c1. The number of hydrogen-bond donors (Lipinski definition) is 1. The van der Waals surface area contributed by atoms with Gasteiger partial charge in [-0.3, -0.25) is 4.79 Å². The molecule has 7 nitrogen and oxygen atoms in total. The molecule has 2 aromatic carbocycles. The fraction of sp³-hybridized carbons (Fsp3) is 0.238. The number of aromatic nitrogens is 2. The molecule has 0 saturated heterocycles. The predicted octanol–water partition coefficient (Wildman–Crippen LogP) is 4.24. The van der Waals surface area contributed by atoms with Crippen LogP contribution in [0.2, 0.25) is 10.0 Å². The summed E-state index contributed by atoms with van der Waals surface area (Å²) < 4.78 is 31.3. The third kappa shape index (κ3) is 4.56. The van der Waals surface area contributed by atoms with E-state index in [-0.39, 0.29) is 23.1 Å². The highest BCUT2D eigenvalue weighted by Crippen LogP contribution is 2.34. The van der Waals surface area contributed by atoms with Crippen molar-refractivity contribution in [3.63, 3.8) is 0 Å². The first-order valence-corrected chi connectivity index (χ1v) is 12.0. The van der Waals surface area contributed by atoms with Gasteiger partial charge in [-0.1, -0.05) is 40.9 Å². The van der Waals surface area contributed by atoms with Gasteiger partial charge in [-0.25, -0.2) is 13.1 Å². The van der Waals surface area contributed by atoms with Crippen molar-refractivity contribution in [2.75, 3.05) is 11.9 Å². The minimum atomic E-state index is -3.29. The van der Waals surface area contributed by atoms with Crippen LogP contribution in [0.5, 0.6) is 5.75 Å². The lowest BCUT2D eigenvalue weighted by molar-refractivity contribution is -0.118. The molecule has 0 saturated carbocycles. The molecule has 1 aliphatic heterocycles. The molecule has 1 aromatic heterocycles. The molecule has 10 heteroatoms. The summed E-state index contributed by atoms with van der Waals surface area (Å²) in [7, 11) is -3.29. The highest BCUT2D eigenvalue weighted by Gasteiger charge is 2.33. The number of rotatable bonds is 5. The van der Waals surface area contributed by atoms with E-state index in [4.69, 9.17) is 27.9 Å². The molecule has 4 rings (SSSR count). The number of fused-ring (bicyclic) bond motifs is 1. The molecule has 2 heterocycles. The lowest BCUT2D eigenvalue weighted by atomic mass is 10.1. The smallest absolute Gasteiger partial charge is 0.263 e. The molecule has 0 fully saturated rings. The molecular weight excluding hydrogens is 461 g/mol. The molecule has 1 N–H and O–H groups in total. The van der Waals surface area contributed by atoms with Crippen LogP contribution < -0.4 is 10.1 Å². The van der Waals surface area contributed by atoms with Gasteiger partial charge in [0.2, 0.25) is 0 Å². The first-order valence-electron chi connectivity index (χ1n) is 9.39. The Hall–Kier alpha value is -2.55. The Balaban J connectivity index is 1.63. The van der Waals surface area contributed by atoms with Gasteiger partial charge in [0.05, 0.1) is 27.9 Å². The molecular formula is C21H19Cl2N3O4S. The number of carbonyl (C=O) groups excluding carboxylic acids is 1. The third-order valence-corrected chi connectivity index (χ3v) is 6.85. The standard InChI is InChI=1S/C21H19Cl2N3O4S/c1-12-3-5-18(13(2)7-12)26-21(15-10-31(28,29)11-17(15)25-26)24-20(27)9-30-19-6-4-14(22)8-16(19)23/h3-8H,9-11H2,1-2H3,(H,24,27). The van der Waals surface area contributed by atoms with Crippen LogP contribution in [-0.4, -0.2) is 30.7 Å². The van der Waals surface area contributed by atoms with E-state index in [0.717, 1.165) is 16.8 Å². The highest BCUT2D eigenvalue weighted by molar-refractivity contribution is 7.90. The Morgan fingerprint density at radius 3 is 2.65 bits per heavy atom. The largest absolute Gasteiger partial charge is 0.482 e. The topological polar surface area (TPSA) is 90.3 Å². The summed E-state index contributed by atoms with van der Waals surface area (Å²) in [5, 5.41) is 8.00. The van der Waals surface area contributed by atoms with Gasteiger partial charge in [-0.05, 0) is 43.7 Å². The maximum absolute atomic E-state index is 12.6. The Labute approximate surface area is 189 Å². The number of amides is 1. The molecule has 1 aliphatic rings. The van der Waals surface area contributed by atoms with Crippen LogP contribution >= 0.6 is 23.2 Å². The number of halogens is 2. The van der Waals surface area contributed by atoms with Gasteiger partial charge in [0.15, 0.2) is 16.4 Å². The monoisotopic (exact) mass is 479 g/mol. The number of carbonyl (C=O) groups is 1. The van der Waals surface area contributed by atoms with Crippen molar-refractivity contribution < 1.29 is 17.9 Å². The van der Waals surface area contributed by atoms with Crippen molar-refractivity contribution in [3.05, 3.63) is 68.8 Å². The number of aryl methyl sites for hydroxylation is 2. The van der Waals surface area contributed by atoms with Gasteiger partial charge < -0.3 is 10.1 Å². The van der Waals surface area contributed by atoms with E-state index >= 15 is 0 Å². The number of hydrogen-bond acceptors (Lipinski definition) is 5. The maximum atomic E-state index is 12.6. The molecule has 0 aliphatic carbocycles. The van der Waals surface area contributed by atoms with Crippen LogP contribution in [0.1, 0.15) is 22.4 Å². The fourth-order valence-electron chi connectivity index (χ4n) is 3.49. The molecule has 0 atom stereocenters. The predicted molar refractivity (Wildman–Crippen MR) is 120 cm³/mol. The molecule has 1 amide bonds. The Morgan fingerprint density at radius 1 is 1.16 bits per heavy atom. The zero-order valence-electron chi connectivity index (χ0n) is 16.8. The van der Waals surface area contributed by atoms with Gasteiger partial charge in [-0.15, -0.1) is 0 Å². The van der Waals surface area contributed by atoms with Crippen LogP contribution in [0.25, 0.3) is 5.69 Å². The Bertz CT molecular complexity index is 1300. The number of benzene rings is 2. The summed E-state index contributed by atoms with van der Waals surface area (Å²) in [4.78, 5) is 12.6. The van der Waals surface area contributed by atoms with E-state index in [1.165, 1.54) is 6.07 Å². The van der Waals surface area contributed by atoms with E-state index in [1.54, 1.807) is 16.8 Å². The van der Waals surface area contributed by atoms with Gasteiger partial charge in [0.1, 0.15) is 11.6 Å². The van der Waals surface area contributed by atoms with Gasteiger partial charge in [0, 0.05) is 10.6 Å². The van der Waals surface area contributed by atoms with E-state index < -0.39 is 15.7 Å². The van der Waals surface area contributed by atoms with Crippen molar-refractivity contribution in [2.45, 2.75) is 25.4 Å². The third-order valence-electron chi connectivity index (χ3n) is 4.88. The lowest BCUT2D eigenvalue weighted by Gasteiger charge is -2.14. The molecule has 31 heavy (non-hydrogen) atoms. The van der Waals surface area contributed by atoms with E-state index in [9.17, 15) is 13.2 Å². The van der Waals surface area contributed by atoms with Crippen LogP contribution in [-0.2, 0) is 26.1 Å². The summed E-state index contributed by atoms with van der Waals surface area (Å²) in [5.41, 5.74) is 3.73. The summed E-state index contributed by atoms with van der Waals surface area (Å²) in [6.07, 6.45) is 0. The van der Waals surface area contributed by atoms with Crippen molar-refractivity contribution in [1.29, 1.82) is 0 Å². The molecule has 3 aromatic rings. The highest BCUT2D eigenvalue weighted by atomic mass is 35.5. The zero-order chi connectivity index (χ0) is 22.3. The van der Waals surface area contributed by atoms with Crippen LogP contribution in [0.4, 0.5) is 5.82 Å². The van der Waals surface area contributed by atoms with Crippen molar-refractivity contribution >= 4 is 44.8 Å². The molecule has 0 spiro atoms. The van der Waals surface area contributed by atoms with Crippen molar-refractivity contribution in [3.8, 4) is 11.4 Å². The maximum Gasteiger partial charge on any atom is 0.263 e. The van der Waals surface area contributed by atoms with E-state index in [0.29, 0.717) is 27.8 Å². The van der Waals surface area contributed by atoms with Crippen LogP contribution in [0.15, 0.2) is 36.4 Å². The molecule has 0 unspecified atom stereocenters. The second-order valence-electron chi connectivity index (χ2n) is 7.42. The number of nitrogens with one attached hydrogen (secondary N) is 1. The second-order valence-corrected chi connectivity index (χ2v) is 10.3. The summed E-state index contributed by atoms with van der Waals surface area (Å²) >= 11 is 11.9. The average molecular weight is 480 g/mol. The summed E-state index contributed by atoms with van der Waals surface area (Å²) in [6.45, 7) is 3.60. The molecule has 0 bridgehead atoms. The quantitative estimate of drug-likeness (QED) is 0.590. The minimum Gasteiger partial charge on any atom is -0.482 e. The van der Waals surface area contributed by atoms with Crippen molar-refractivity contribution in [1.82, 2.24) is 9.78 Å². The van der Waals surface area contributed by atoms with Crippen LogP contribution in [0.3, 0.4) is 0 Å². The zero-order valence-corrected chi connectivity index (χ0v) is 19.1. The molecule has 162 valence electrons. The number of ether oxygens (including phenoxy) is 1. The summed E-state index contributed by atoms with van der Waals surface area (Å²) in [5.74, 6) is -0.146. The first kappa shape index (κ1) is 21.7. The Morgan fingerprint density at radius 2 is 1.94 bits per heavy atom. The normalized spacial score (nSPS) is 14.3. The Kier molecular flexibility index (Phi) is 5.72. The van der Waals surface area contributed by atoms with Crippen LogP contribution in [0, 0.1) is 13.8 Å². The van der Waals surface area contributed by atoms with Gasteiger partial charge in [-0.2, -0.15) is 5.10 Å². The van der Waals surface area contributed by atoms with Crippen molar-refractivity contribution in [2.24, 2.45) is 0 Å². The average Bonchev–Trinajstić information content (AvgIpc) is 3.13. The van der Waals surface area contributed by atoms with E-state index in [2.05, 4.69) is 10.4 Å². The van der Waals surface area contributed by atoms with E-state index in [1.807, 2.05) is 32.0 Å². The number of sulfone groups is 1. The summed E-state index contributed by atoms with van der Waals surface area (Å²) in [6, 6.07) is 10.5.